The van der Waals surface area contributed by atoms with Gasteiger partial charge in [0.1, 0.15) is 0 Å². The van der Waals surface area contributed by atoms with E-state index in [1.165, 1.54) is 6.08 Å². The van der Waals surface area contributed by atoms with Gasteiger partial charge in [-0.1, -0.05) is 0 Å². The summed E-state index contributed by atoms with van der Waals surface area (Å²) in [4.78, 5) is 9.42. The van der Waals surface area contributed by atoms with Crippen molar-refractivity contribution in [1.29, 1.82) is 0 Å². The van der Waals surface area contributed by atoms with Gasteiger partial charge in [0, 0.05) is 5.18 Å². The Balaban J connectivity index is 3.60. The van der Waals surface area contributed by atoms with Gasteiger partial charge in [-0.3, -0.25) is 0 Å². The van der Waals surface area contributed by atoms with Crippen molar-refractivity contribution in [3.05, 3.63) is 22.0 Å². The molecule has 0 amide bonds. The summed E-state index contributed by atoms with van der Waals surface area (Å²) in [7, 11) is 0. The van der Waals surface area contributed by atoms with Crippen molar-refractivity contribution in [2.75, 3.05) is 0 Å². The molecule has 0 saturated carbocycles. The molecule has 0 bridgehead atoms. The van der Waals surface area contributed by atoms with Crippen LogP contribution in [0, 0.1) is 10.1 Å². The molecule has 0 heterocycles. The zero-order chi connectivity index (χ0) is 5.70. The molecule has 0 fully saturated rings. The largest absolute Gasteiger partial charge is 0.629 e. The summed E-state index contributed by atoms with van der Waals surface area (Å²) in [5.41, 5.74) is 0.410. The molecule has 0 aliphatic heterocycles. The Labute approximate surface area is 40.8 Å². The average Bonchev–Trinajstić information content (AvgIpc) is 1.72. The van der Waals surface area contributed by atoms with E-state index in [0.29, 0.717) is 5.48 Å². The molecular weight excluding hydrogens is 96.0 g/mol. The Morgan fingerprint density at radius 2 is 2.57 bits per heavy atom. The highest BCUT2D eigenvalue weighted by molar-refractivity contribution is 4.82. The van der Waals surface area contributed by atoms with Gasteiger partial charge < -0.3 is 10.7 Å². The fourth-order valence-corrected chi connectivity index (χ4v) is 0.142. The Morgan fingerprint density at radius 3 is 2.57 bits per heavy atom. The first-order valence-electron chi connectivity index (χ1n) is 1.80. The van der Waals surface area contributed by atoms with Crippen molar-refractivity contribution in [3.8, 4) is 0 Å². The Hall–Kier alpha value is -0.740. The zero-order valence-corrected chi connectivity index (χ0v) is 3.92. The van der Waals surface area contributed by atoms with Crippen molar-refractivity contribution in [2.45, 2.75) is 6.92 Å². The zero-order valence-electron chi connectivity index (χ0n) is 3.92. The van der Waals surface area contributed by atoms with Gasteiger partial charge >= 0.3 is 0 Å². The highest BCUT2D eigenvalue weighted by atomic mass is 16.5. The minimum Gasteiger partial charge on any atom is -0.629 e. The monoisotopic (exact) mass is 102 g/mol. The summed E-state index contributed by atoms with van der Waals surface area (Å²) >= 11 is 0. The lowest BCUT2D eigenvalue weighted by Gasteiger charge is -1.92. The molecule has 0 aromatic carbocycles. The van der Waals surface area contributed by atoms with Crippen LogP contribution in [0.3, 0.4) is 0 Å². The second-order valence-corrected chi connectivity index (χ2v) is 0.923. The third-order valence-electron chi connectivity index (χ3n) is 0.522. The minimum atomic E-state index is -0.0556. The smallest absolute Gasteiger partial charge is 0.259 e. The first kappa shape index (κ1) is 6.26. The van der Waals surface area contributed by atoms with Crippen LogP contribution < -0.4 is 5.48 Å². The second-order valence-electron chi connectivity index (χ2n) is 0.923. The summed E-state index contributed by atoms with van der Waals surface area (Å²) in [6, 6.07) is 0. The SMILES string of the molecule is C/C=C(\N=O)[NH2+][O-]. The molecule has 0 aromatic rings. The van der Waals surface area contributed by atoms with E-state index in [0.717, 1.165) is 0 Å². The van der Waals surface area contributed by atoms with Crippen LogP contribution in [-0.4, -0.2) is 0 Å². The van der Waals surface area contributed by atoms with Crippen LogP contribution in [-0.2, 0) is 0 Å². The molecular formula is C3H6N2O2. The van der Waals surface area contributed by atoms with Crippen LogP contribution in [0.4, 0.5) is 0 Å². The molecule has 0 aromatic heterocycles. The topological polar surface area (TPSA) is 69.1 Å². The third-order valence-corrected chi connectivity index (χ3v) is 0.522. The van der Waals surface area contributed by atoms with Gasteiger partial charge in [-0.2, -0.15) is 0 Å². The number of quaternary nitrogens is 1. The number of nitrogens with two attached hydrogens (primary N) is 1. The number of allylic oxidation sites excluding steroid dienone is 1. The lowest BCUT2D eigenvalue weighted by atomic mass is 10.6. The van der Waals surface area contributed by atoms with Crippen LogP contribution in [0.25, 0.3) is 0 Å². The van der Waals surface area contributed by atoms with Gasteiger partial charge in [0.15, 0.2) is 0 Å². The summed E-state index contributed by atoms with van der Waals surface area (Å²) in [5.74, 6) is -0.0556. The number of nitroso groups, excluding NO2 is 1. The molecule has 7 heavy (non-hydrogen) atoms. The first-order valence-corrected chi connectivity index (χ1v) is 1.80. The normalized spacial score (nSPS) is 11.4. The minimum absolute atomic E-state index is 0.0556. The van der Waals surface area contributed by atoms with E-state index in [1.807, 2.05) is 0 Å². The highest BCUT2D eigenvalue weighted by Gasteiger charge is 1.85. The fourth-order valence-electron chi connectivity index (χ4n) is 0.142. The molecule has 0 spiro atoms. The van der Waals surface area contributed by atoms with Crippen LogP contribution in [0.15, 0.2) is 17.1 Å². The second kappa shape index (κ2) is 3.45. The Morgan fingerprint density at radius 1 is 2.00 bits per heavy atom. The molecule has 0 saturated heterocycles. The fraction of sp³-hybridized carbons (Fsp3) is 0.333. The van der Waals surface area contributed by atoms with Crippen LogP contribution in [0.1, 0.15) is 6.92 Å². The molecule has 0 radical (unpaired) electrons. The highest BCUT2D eigenvalue weighted by Crippen LogP contribution is 1.76. The summed E-state index contributed by atoms with van der Waals surface area (Å²) in [5, 5.41) is 12.0. The predicted molar refractivity (Wildman–Crippen MR) is 24.8 cm³/mol. The molecule has 4 nitrogen and oxygen atoms in total. The van der Waals surface area contributed by atoms with Crippen LogP contribution in [0.2, 0.25) is 0 Å². The molecule has 40 valence electrons. The number of hydrogen-bond donors (Lipinski definition) is 1. The Kier molecular flexibility index (Phi) is 3.09. The van der Waals surface area contributed by atoms with Crippen molar-refractivity contribution >= 4 is 0 Å². The molecule has 0 aliphatic rings. The summed E-state index contributed by atoms with van der Waals surface area (Å²) in [6.45, 7) is 1.57. The maximum Gasteiger partial charge on any atom is 0.259 e. The number of rotatable bonds is 2. The van der Waals surface area contributed by atoms with E-state index in [4.69, 9.17) is 0 Å². The van der Waals surface area contributed by atoms with E-state index in [-0.39, 0.29) is 5.82 Å². The van der Waals surface area contributed by atoms with Gasteiger partial charge in [-0.15, -0.1) is 4.91 Å². The molecule has 4 heteroatoms. The standard InChI is InChI=1S/C3H6N2O2/c1-2-3(4-6)5-7/h2H,4H2,1H3/b3-2-. The number of hydroxylamine groups is 1. The van der Waals surface area contributed by atoms with Gasteiger partial charge in [0.25, 0.3) is 5.82 Å². The van der Waals surface area contributed by atoms with E-state index in [9.17, 15) is 10.1 Å². The molecule has 0 unspecified atom stereocenters. The Bertz CT molecular complexity index is 88.9. The molecule has 0 rings (SSSR count). The third kappa shape index (κ3) is 2.02. The number of nitrogens with zero attached hydrogens (tertiary/aromatic N) is 1. The lowest BCUT2D eigenvalue weighted by Crippen LogP contribution is -2.74. The van der Waals surface area contributed by atoms with Crippen molar-refractivity contribution in [2.24, 2.45) is 5.18 Å². The van der Waals surface area contributed by atoms with E-state index in [2.05, 4.69) is 5.18 Å². The maximum atomic E-state index is 9.61. The van der Waals surface area contributed by atoms with Gasteiger partial charge in [-0.25, -0.2) is 0 Å². The van der Waals surface area contributed by atoms with Crippen LogP contribution >= 0.6 is 0 Å². The van der Waals surface area contributed by atoms with Gasteiger partial charge in [-0.05, 0) is 13.0 Å². The summed E-state index contributed by atoms with van der Waals surface area (Å²) < 4.78 is 0. The van der Waals surface area contributed by atoms with E-state index in [1.54, 1.807) is 6.92 Å². The maximum absolute atomic E-state index is 9.61. The van der Waals surface area contributed by atoms with Crippen LogP contribution in [0.5, 0.6) is 0 Å². The van der Waals surface area contributed by atoms with Gasteiger partial charge in [0.2, 0.25) is 0 Å². The number of hydrogen-bond acceptors (Lipinski definition) is 3. The van der Waals surface area contributed by atoms with E-state index < -0.39 is 0 Å². The first-order chi connectivity index (χ1) is 3.35. The molecule has 0 aliphatic carbocycles. The van der Waals surface area contributed by atoms with Crippen molar-refractivity contribution in [1.82, 2.24) is 0 Å². The quantitative estimate of drug-likeness (QED) is 0.383. The lowest BCUT2D eigenvalue weighted by molar-refractivity contribution is -0.537. The average molecular weight is 102 g/mol. The van der Waals surface area contributed by atoms with E-state index >= 15 is 0 Å². The van der Waals surface area contributed by atoms with Crippen molar-refractivity contribution in [3.63, 3.8) is 0 Å². The van der Waals surface area contributed by atoms with Crippen molar-refractivity contribution < 1.29 is 5.48 Å². The predicted octanol–water partition coefficient (Wildman–Crippen LogP) is -0.325. The molecule has 0 atom stereocenters. The molecule has 2 N–H and O–H groups in total. The summed E-state index contributed by atoms with van der Waals surface area (Å²) in [6.07, 6.45) is 1.35. The van der Waals surface area contributed by atoms with Gasteiger partial charge in [0.05, 0.1) is 0 Å².